The molecule has 0 amide bonds. The zero-order valence-electron chi connectivity index (χ0n) is 9.24. The average Bonchev–Trinajstić information content (AvgIpc) is 2.99. The summed E-state index contributed by atoms with van der Waals surface area (Å²) >= 11 is 0. The molecular formula is C15H12O2. The third-order valence-electron chi connectivity index (χ3n) is 4.30. The summed E-state index contributed by atoms with van der Waals surface area (Å²) in [7, 11) is 0. The predicted molar refractivity (Wildman–Crippen MR) is 63.6 cm³/mol. The standard InChI is InChI=1S/C15H12O2/c16-14-15(10-6-4-5-7-11(10)15)12-8-2-1-3-9-13(12)17-14/h1-12H. The van der Waals surface area contributed by atoms with Crippen LogP contribution in [0, 0.1) is 23.2 Å². The van der Waals surface area contributed by atoms with Crippen LogP contribution in [0.4, 0.5) is 0 Å². The Morgan fingerprint density at radius 1 is 0.941 bits per heavy atom. The molecular weight excluding hydrogens is 212 g/mol. The van der Waals surface area contributed by atoms with Gasteiger partial charge < -0.3 is 4.74 Å². The smallest absolute Gasteiger partial charge is 0.319 e. The Labute approximate surface area is 99.7 Å². The molecule has 3 atom stereocenters. The summed E-state index contributed by atoms with van der Waals surface area (Å²) in [4.78, 5) is 12.2. The van der Waals surface area contributed by atoms with E-state index in [2.05, 4.69) is 18.2 Å². The molecule has 1 spiro atoms. The van der Waals surface area contributed by atoms with E-state index in [0.29, 0.717) is 11.8 Å². The topological polar surface area (TPSA) is 26.3 Å². The maximum absolute atomic E-state index is 12.2. The Morgan fingerprint density at radius 2 is 1.65 bits per heavy atom. The Balaban J connectivity index is 1.85. The highest BCUT2D eigenvalue weighted by Crippen LogP contribution is 2.71. The minimum atomic E-state index is -0.349. The number of allylic oxidation sites excluding steroid dienone is 9. The second-order valence-corrected chi connectivity index (χ2v) is 4.96. The normalized spacial score (nSPS) is 44.1. The van der Waals surface area contributed by atoms with Crippen molar-refractivity contribution >= 4 is 5.97 Å². The van der Waals surface area contributed by atoms with Crippen molar-refractivity contribution in [2.75, 3.05) is 0 Å². The fourth-order valence-electron chi connectivity index (χ4n) is 3.48. The Bertz CT molecular complexity index is 527. The van der Waals surface area contributed by atoms with Crippen LogP contribution in [0.1, 0.15) is 0 Å². The van der Waals surface area contributed by atoms with Crippen LogP contribution < -0.4 is 0 Å². The molecule has 3 unspecified atom stereocenters. The number of hydrogen-bond donors (Lipinski definition) is 0. The van der Waals surface area contributed by atoms with E-state index in [9.17, 15) is 4.79 Å². The van der Waals surface area contributed by atoms with Gasteiger partial charge in [-0.3, -0.25) is 4.79 Å². The average molecular weight is 224 g/mol. The minimum Gasteiger partial charge on any atom is -0.430 e. The van der Waals surface area contributed by atoms with Crippen LogP contribution in [0.15, 0.2) is 60.4 Å². The van der Waals surface area contributed by atoms with Gasteiger partial charge in [0.2, 0.25) is 0 Å². The summed E-state index contributed by atoms with van der Waals surface area (Å²) in [6.45, 7) is 0. The van der Waals surface area contributed by atoms with Crippen molar-refractivity contribution in [3.8, 4) is 0 Å². The van der Waals surface area contributed by atoms with Gasteiger partial charge in [0.15, 0.2) is 0 Å². The lowest BCUT2D eigenvalue weighted by molar-refractivity contribution is -0.141. The molecule has 2 fully saturated rings. The largest absolute Gasteiger partial charge is 0.430 e. The molecule has 3 aliphatic carbocycles. The van der Waals surface area contributed by atoms with Crippen molar-refractivity contribution in [1.82, 2.24) is 0 Å². The molecule has 4 rings (SSSR count). The Morgan fingerprint density at radius 3 is 2.41 bits per heavy atom. The van der Waals surface area contributed by atoms with E-state index in [-0.39, 0.29) is 17.3 Å². The van der Waals surface area contributed by atoms with Crippen LogP contribution in [0.5, 0.6) is 0 Å². The lowest BCUT2D eigenvalue weighted by Crippen LogP contribution is -2.19. The lowest BCUT2D eigenvalue weighted by atomic mass is 9.86. The highest BCUT2D eigenvalue weighted by molar-refractivity contribution is 5.88. The van der Waals surface area contributed by atoms with Crippen molar-refractivity contribution in [2.45, 2.75) is 0 Å². The number of esters is 1. The zero-order valence-corrected chi connectivity index (χ0v) is 9.24. The highest BCUT2D eigenvalue weighted by Gasteiger charge is 2.75. The number of hydrogen-bond acceptors (Lipinski definition) is 2. The van der Waals surface area contributed by atoms with Crippen LogP contribution >= 0.6 is 0 Å². The lowest BCUT2D eigenvalue weighted by Gasteiger charge is -2.10. The molecule has 1 saturated carbocycles. The third kappa shape index (κ3) is 0.943. The molecule has 4 aliphatic rings. The molecule has 0 aromatic carbocycles. The monoisotopic (exact) mass is 224 g/mol. The van der Waals surface area contributed by atoms with Crippen molar-refractivity contribution in [3.05, 3.63) is 60.4 Å². The van der Waals surface area contributed by atoms with E-state index >= 15 is 0 Å². The van der Waals surface area contributed by atoms with E-state index in [0.717, 1.165) is 5.76 Å². The highest BCUT2D eigenvalue weighted by atomic mass is 16.5. The van der Waals surface area contributed by atoms with Crippen LogP contribution in [-0.2, 0) is 9.53 Å². The fourth-order valence-corrected chi connectivity index (χ4v) is 3.48. The van der Waals surface area contributed by atoms with Crippen LogP contribution in [-0.4, -0.2) is 5.97 Å². The van der Waals surface area contributed by atoms with Gasteiger partial charge in [-0.25, -0.2) is 0 Å². The van der Waals surface area contributed by atoms with Gasteiger partial charge in [-0.15, -0.1) is 0 Å². The van der Waals surface area contributed by atoms with E-state index in [4.69, 9.17) is 4.74 Å². The summed E-state index contributed by atoms with van der Waals surface area (Å²) in [5.41, 5.74) is -0.349. The van der Waals surface area contributed by atoms with Gasteiger partial charge in [0, 0.05) is 11.8 Å². The van der Waals surface area contributed by atoms with Crippen LogP contribution in [0.25, 0.3) is 0 Å². The van der Waals surface area contributed by atoms with E-state index < -0.39 is 0 Å². The van der Waals surface area contributed by atoms with E-state index in [1.165, 1.54) is 0 Å². The molecule has 17 heavy (non-hydrogen) atoms. The first kappa shape index (κ1) is 9.23. The maximum atomic E-state index is 12.2. The first-order valence-electron chi connectivity index (χ1n) is 5.97. The molecule has 0 radical (unpaired) electrons. The van der Waals surface area contributed by atoms with Crippen LogP contribution in [0.2, 0.25) is 0 Å². The van der Waals surface area contributed by atoms with Crippen molar-refractivity contribution < 1.29 is 9.53 Å². The number of carbonyl (C=O) groups is 1. The SMILES string of the molecule is O=C1OC2=CC=CC=CC2C12C1C=CC=CC12. The van der Waals surface area contributed by atoms with Crippen LogP contribution in [0.3, 0.4) is 0 Å². The molecule has 0 aromatic heterocycles. The quantitative estimate of drug-likeness (QED) is 0.591. The third-order valence-corrected chi connectivity index (χ3v) is 4.30. The second kappa shape index (κ2) is 2.89. The number of ether oxygens (including phenoxy) is 1. The number of rotatable bonds is 0. The molecule has 1 saturated heterocycles. The molecule has 2 nitrogen and oxygen atoms in total. The predicted octanol–water partition coefficient (Wildman–Crippen LogP) is 2.53. The zero-order chi connectivity index (χ0) is 11.5. The molecule has 0 bridgehead atoms. The van der Waals surface area contributed by atoms with Gasteiger partial charge in [0.1, 0.15) is 5.76 Å². The number of carbonyl (C=O) groups excluding carboxylic acids is 1. The summed E-state index contributed by atoms with van der Waals surface area (Å²) in [6.07, 6.45) is 18.3. The van der Waals surface area contributed by atoms with Gasteiger partial charge in [0.05, 0.1) is 11.3 Å². The Hall–Kier alpha value is -1.83. The summed E-state index contributed by atoms with van der Waals surface area (Å²) in [5.74, 6) is 1.49. The van der Waals surface area contributed by atoms with Gasteiger partial charge >= 0.3 is 5.97 Å². The summed E-state index contributed by atoms with van der Waals surface area (Å²) < 4.78 is 5.47. The summed E-state index contributed by atoms with van der Waals surface area (Å²) in [6, 6.07) is 0. The van der Waals surface area contributed by atoms with Gasteiger partial charge in [0.25, 0.3) is 0 Å². The molecule has 2 heteroatoms. The molecule has 0 aromatic rings. The van der Waals surface area contributed by atoms with Crippen molar-refractivity contribution in [2.24, 2.45) is 23.2 Å². The second-order valence-electron chi connectivity index (χ2n) is 4.96. The van der Waals surface area contributed by atoms with Crippen molar-refractivity contribution in [1.29, 1.82) is 0 Å². The van der Waals surface area contributed by atoms with Gasteiger partial charge in [-0.05, 0) is 6.08 Å². The number of fused-ring (bicyclic) bond motifs is 5. The Kier molecular flexibility index (Phi) is 1.57. The van der Waals surface area contributed by atoms with Gasteiger partial charge in [-0.1, -0.05) is 48.6 Å². The van der Waals surface area contributed by atoms with Crippen molar-refractivity contribution in [3.63, 3.8) is 0 Å². The fraction of sp³-hybridized carbons (Fsp3) is 0.267. The molecule has 0 N–H and O–H groups in total. The van der Waals surface area contributed by atoms with E-state index in [1.54, 1.807) is 0 Å². The first-order chi connectivity index (χ1) is 8.35. The first-order valence-corrected chi connectivity index (χ1v) is 5.97. The molecule has 1 aliphatic heterocycles. The summed E-state index contributed by atoms with van der Waals surface area (Å²) in [5, 5.41) is 0. The molecule has 84 valence electrons. The van der Waals surface area contributed by atoms with E-state index in [1.807, 2.05) is 36.5 Å². The van der Waals surface area contributed by atoms with Gasteiger partial charge in [-0.2, -0.15) is 0 Å². The minimum absolute atomic E-state index is 0.0556. The maximum Gasteiger partial charge on any atom is 0.319 e. The molecule has 1 heterocycles.